The van der Waals surface area contributed by atoms with Gasteiger partial charge in [0.25, 0.3) is 5.26 Å². The molecule has 0 atom stereocenters. The summed E-state index contributed by atoms with van der Waals surface area (Å²) in [7, 11) is 0. The maximum Gasteiger partial charge on any atom is 0.271 e. The number of aromatic nitrogens is 1. The lowest BCUT2D eigenvalue weighted by Gasteiger charge is -1.72. The van der Waals surface area contributed by atoms with E-state index < -0.39 is 10.4 Å². The highest BCUT2D eigenvalue weighted by Crippen LogP contribution is 2.12. The summed E-state index contributed by atoms with van der Waals surface area (Å²) in [5, 5.41) is -1.25. The van der Waals surface area contributed by atoms with Crippen molar-refractivity contribution in [1.82, 2.24) is 4.98 Å². The molecular weight excluding hydrogens is 132 g/mol. The van der Waals surface area contributed by atoms with Gasteiger partial charge in [0.05, 0.1) is 5.69 Å². The van der Waals surface area contributed by atoms with Gasteiger partial charge in [-0.15, -0.1) is 0 Å². The molecule has 0 radical (unpaired) electrons. The van der Waals surface area contributed by atoms with E-state index in [9.17, 15) is 8.78 Å². The van der Waals surface area contributed by atoms with E-state index in [1.54, 1.807) is 0 Å². The molecule has 0 saturated heterocycles. The molecule has 1 nitrogen and oxygen atoms in total. The summed E-state index contributed by atoms with van der Waals surface area (Å²) in [6, 6.07) is 0. The lowest BCUT2D eigenvalue weighted by molar-refractivity contribution is 0.610. The smallest absolute Gasteiger partial charge is 0.212 e. The average molecular weight is 135 g/mol. The van der Waals surface area contributed by atoms with Crippen molar-refractivity contribution in [2.45, 2.75) is 6.92 Å². The van der Waals surface area contributed by atoms with Gasteiger partial charge in [-0.25, -0.2) is 4.98 Å². The van der Waals surface area contributed by atoms with Crippen molar-refractivity contribution in [2.75, 3.05) is 0 Å². The second-order valence-electron chi connectivity index (χ2n) is 1.33. The van der Waals surface area contributed by atoms with Gasteiger partial charge < -0.3 is 0 Å². The van der Waals surface area contributed by atoms with E-state index in [2.05, 4.69) is 4.98 Å². The molecule has 4 heteroatoms. The number of thiazole rings is 1. The molecule has 1 heterocycles. The minimum absolute atomic E-state index is 0.132. The summed E-state index contributed by atoms with van der Waals surface area (Å²) in [5.74, 6) is 0. The molecule has 0 spiro atoms. The van der Waals surface area contributed by atoms with Crippen molar-refractivity contribution in [3.63, 3.8) is 0 Å². The second-order valence-corrected chi connectivity index (χ2v) is 2.23. The molecule has 0 saturated carbocycles. The largest absolute Gasteiger partial charge is 0.271 e. The molecule has 1 aromatic rings. The lowest BCUT2D eigenvalue weighted by Crippen LogP contribution is -1.72. The van der Waals surface area contributed by atoms with E-state index in [1.165, 1.54) is 6.92 Å². The van der Waals surface area contributed by atoms with Crippen LogP contribution in [-0.4, -0.2) is 4.98 Å². The van der Waals surface area contributed by atoms with Crippen molar-refractivity contribution in [1.29, 1.82) is 0 Å². The quantitative estimate of drug-likeness (QED) is 0.528. The van der Waals surface area contributed by atoms with E-state index in [4.69, 9.17) is 0 Å². The van der Waals surface area contributed by atoms with E-state index in [-0.39, 0.29) is 5.69 Å². The number of hydrogen-bond acceptors (Lipinski definition) is 2. The van der Waals surface area contributed by atoms with Gasteiger partial charge in [-0.2, -0.15) is 8.78 Å². The van der Waals surface area contributed by atoms with Crippen molar-refractivity contribution in [2.24, 2.45) is 0 Å². The second kappa shape index (κ2) is 1.78. The average Bonchev–Trinajstić information content (AvgIpc) is 1.85. The zero-order valence-corrected chi connectivity index (χ0v) is 4.93. The number of rotatable bonds is 0. The SMILES string of the molecule is Cc1nc(F)sc1F. The molecule has 0 unspecified atom stereocenters. The van der Waals surface area contributed by atoms with Crippen LogP contribution in [0.3, 0.4) is 0 Å². The molecular formula is C4H3F2NS. The maximum atomic E-state index is 12.1. The Morgan fingerprint density at radius 1 is 1.50 bits per heavy atom. The lowest BCUT2D eigenvalue weighted by atomic mass is 10.6. The highest BCUT2D eigenvalue weighted by Gasteiger charge is 2.03. The third kappa shape index (κ3) is 0.838. The van der Waals surface area contributed by atoms with Crippen LogP contribution in [0.1, 0.15) is 5.69 Å². The summed E-state index contributed by atoms with van der Waals surface area (Å²) in [6.45, 7) is 1.43. The summed E-state index contributed by atoms with van der Waals surface area (Å²) in [5.41, 5.74) is 0.132. The number of nitrogens with zero attached hydrogens (tertiary/aromatic N) is 1. The molecule has 0 bridgehead atoms. The van der Waals surface area contributed by atoms with Crippen molar-refractivity contribution >= 4 is 11.3 Å². The van der Waals surface area contributed by atoms with Crippen LogP contribution >= 0.6 is 11.3 Å². The molecule has 44 valence electrons. The first-order valence-corrected chi connectivity index (χ1v) is 2.80. The zero-order valence-electron chi connectivity index (χ0n) is 4.11. The monoisotopic (exact) mass is 135 g/mol. The van der Waals surface area contributed by atoms with Gasteiger partial charge in [0, 0.05) is 0 Å². The predicted octanol–water partition coefficient (Wildman–Crippen LogP) is 1.73. The molecule has 8 heavy (non-hydrogen) atoms. The van der Waals surface area contributed by atoms with Crippen LogP contribution in [0.4, 0.5) is 8.78 Å². The minimum atomic E-state index is -0.708. The van der Waals surface area contributed by atoms with Crippen LogP contribution < -0.4 is 0 Å². The van der Waals surface area contributed by atoms with Crippen LogP contribution in [0, 0.1) is 17.3 Å². The molecule has 0 aromatic carbocycles. The van der Waals surface area contributed by atoms with Gasteiger partial charge in [0.15, 0.2) is 0 Å². The van der Waals surface area contributed by atoms with Crippen molar-refractivity contribution in [3.8, 4) is 0 Å². The van der Waals surface area contributed by atoms with Crippen LogP contribution in [0.15, 0.2) is 0 Å². The minimum Gasteiger partial charge on any atom is -0.212 e. The fraction of sp³-hybridized carbons (Fsp3) is 0.250. The van der Waals surface area contributed by atoms with Gasteiger partial charge in [-0.1, -0.05) is 11.3 Å². The highest BCUT2D eigenvalue weighted by molar-refractivity contribution is 7.08. The Kier molecular flexibility index (Phi) is 1.25. The van der Waals surface area contributed by atoms with Crippen LogP contribution in [-0.2, 0) is 0 Å². The zero-order chi connectivity index (χ0) is 6.15. The summed E-state index contributed by atoms with van der Waals surface area (Å²) < 4.78 is 23.9. The third-order valence-electron chi connectivity index (χ3n) is 0.714. The first-order valence-electron chi connectivity index (χ1n) is 1.98. The van der Waals surface area contributed by atoms with Crippen molar-refractivity contribution < 1.29 is 8.78 Å². The van der Waals surface area contributed by atoms with Crippen molar-refractivity contribution in [3.05, 3.63) is 16.1 Å². The van der Waals surface area contributed by atoms with Gasteiger partial charge in [0.1, 0.15) is 0 Å². The Morgan fingerprint density at radius 3 is 2.25 bits per heavy atom. The topological polar surface area (TPSA) is 12.9 Å². The molecule has 0 N–H and O–H groups in total. The molecule has 1 aromatic heterocycles. The number of hydrogen-bond donors (Lipinski definition) is 0. The third-order valence-corrected chi connectivity index (χ3v) is 1.45. The van der Waals surface area contributed by atoms with E-state index in [0.29, 0.717) is 11.3 Å². The fourth-order valence-corrected chi connectivity index (χ4v) is 0.870. The Morgan fingerprint density at radius 2 is 2.12 bits per heavy atom. The van der Waals surface area contributed by atoms with Gasteiger partial charge >= 0.3 is 0 Å². The van der Waals surface area contributed by atoms with E-state index in [1.807, 2.05) is 0 Å². The van der Waals surface area contributed by atoms with E-state index >= 15 is 0 Å². The molecule has 0 aliphatic rings. The number of aryl methyl sites for hydroxylation is 1. The normalized spacial score (nSPS) is 9.88. The number of halogens is 2. The van der Waals surface area contributed by atoms with Gasteiger partial charge in [-0.05, 0) is 6.92 Å². The Bertz CT molecular complexity index is 176. The Hall–Kier alpha value is -0.510. The van der Waals surface area contributed by atoms with Crippen LogP contribution in [0.25, 0.3) is 0 Å². The van der Waals surface area contributed by atoms with Gasteiger partial charge in [-0.3, -0.25) is 0 Å². The molecule has 0 aliphatic carbocycles. The van der Waals surface area contributed by atoms with Crippen LogP contribution in [0.2, 0.25) is 0 Å². The van der Waals surface area contributed by atoms with E-state index in [0.717, 1.165) is 0 Å². The highest BCUT2D eigenvalue weighted by atomic mass is 32.1. The maximum absolute atomic E-state index is 12.1. The van der Waals surface area contributed by atoms with Crippen LogP contribution in [0.5, 0.6) is 0 Å². The summed E-state index contributed by atoms with van der Waals surface area (Å²) in [6.07, 6.45) is 0. The summed E-state index contributed by atoms with van der Waals surface area (Å²) >= 11 is 0.425. The fourth-order valence-electron chi connectivity index (χ4n) is 0.346. The van der Waals surface area contributed by atoms with Gasteiger partial charge in [0.2, 0.25) is 5.13 Å². The molecule has 1 rings (SSSR count). The molecule has 0 fully saturated rings. The first kappa shape index (κ1) is 5.62. The first-order chi connectivity index (χ1) is 3.70. The Labute approximate surface area is 49.0 Å². The predicted molar refractivity (Wildman–Crippen MR) is 26.8 cm³/mol. The Balaban J connectivity index is 3.14. The molecule has 0 aliphatic heterocycles. The summed E-state index contributed by atoms with van der Waals surface area (Å²) in [4.78, 5) is 3.19. The standard InChI is InChI=1S/C4H3F2NS/c1-2-3(5)8-4(6)7-2/h1H3. The molecule has 0 amide bonds.